The summed E-state index contributed by atoms with van der Waals surface area (Å²) in [7, 11) is 1.62. The molecule has 14 heavy (non-hydrogen) atoms. The molecule has 0 aliphatic carbocycles. The molecule has 0 saturated carbocycles. The van der Waals surface area contributed by atoms with Crippen molar-refractivity contribution in [1.82, 2.24) is 4.98 Å². The van der Waals surface area contributed by atoms with E-state index < -0.39 is 0 Å². The Balaban J connectivity index is 2.86. The van der Waals surface area contributed by atoms with E-state index in [1.54, 1.807) is 13.3 Å². The van der Waals surface area contributed by atoms with Gasteiger partial charge >= 0.3 is 0 Å². The van der Waals surface area contributed by atoms with Crippen molar-refractivity contribution in [1.29, 1.82) is 0 Å². The van der Waals surface area contributed by atoms with E-state index in [2.05, 4.69) is 20.9 Å². The number of methoxy groups -OCH3 is 1. The number of fused-ring (bicyclic) bond motifs is 1. The first-order valence-electron chi connectivity index (χ1n) is 4.00. The summed E-state index contributed by atoms with van der Waals surface area (Å²) in [6.07, 6.45) is 1.68. The molecule has 0 unspecified atom stereocenters. The fourth-order valence-electron chi connectivity index (χ4n) is 1.33. The van der Waals surface area contributed by atoms with E-state index in [1.807, 2.05) is 18.2 Å². The van der Waals surface area contributed by atoms with E-state index in [0.29, 0.717) is 5.15 Å². The normalized spacial score (nSPS) is 10.5. The van der Waals surface area contributed by atoms with Gasteiger partial charge in [-0.25, -0.2) is 4.98 Å². The minimum atomic E-state index is 0.480. The second-order valence-corrected chi connectivity index (χ2v) is 3.93. The van der Waals surface area contributed by atoms with Crippen LogP contribution in [0.2, 0.25) is 5.15 Å². The Morgan fingerprint density at radius 3 is 2.86 bits per heavy atom. The Morgan fingerprint density at radius 2 is 2.14 bits per heavy atom. The average molecular weight is 273 g/mol. The van der Waals surface area contributed by atoms with Crippen LogP contribution in [0.1, 0.15) is 0 Å². The zero-order valence-corrected chi connectivity index (χ0v) is 9.76. The minimum absolute atomic E-state index is 0.480. The van der Waals surface area contributed by atoms with Crippen LogP contribution >= 0.6 is 27.5 Å². The Labute approximate surface area is 95.0 Å². The summed E-state index contributed by atoms with van der Waals surface area (Å²) in [4.78, 5) is 4.02. The molecular formula is C10H7BrClNO. The van der Waals surface area contributed by atoms with Crippen molar-refractivity contribution >= 4 is 38.3 Å². The van der Waals surface area contributed by atoms with Crippen LogP contribution in [0.25, 0.3) is 10.8 Å². The molecule has 0 fully saturated rings. The van der Waals surface area contributed by atoms with Crippen LogP contribution < -0.4 is 4.74 Å². The lowest BCUT2D eigenvalue weighted by molar-refractivity contribution is 0.413. The molecule has 0 bridgehead atoms. The SMILES string of the molecule is COc1ccc2ccnc(Cl)c2c1Br. The van der Waals surface area contributed by atoms with E-state index in [4.69, 9.17) is 16.3 Å². The van der Waals surface area contributed by atoms with Crippen molar-refractivity contribution in [2.75, 3.05) is 7.11 Å². The summed E-state index contributed by atoms with van der Waals surface area (Å²) in [5, 5.41) is 2.40. The Hall–Kier alpha value is -0.800. The van der Waals surface area contributed by atoms with E-state index >= 15 is 0 Å². The molecule has 0 atom stereocenters. The first-order chi connectivity index (χ1) is 6.74. The van der Waals surface area contributed by atoms with Gasteiger partial charge in [0.1, 0.15) is 10.9 Å². The Kier molecular flexibility index (Phi) is 2.61. The molecule has 0 N–H and O–H groups in total. The van der Waals surface area contributed by atoms with E-state index in [9.17, 15) is 0 Å². The highest BCUT2D eigenvalue weighted by atomic mass is 79.9. The summed E-state index contributed by atoms with van der Waals surface area (Å²) in [6, 6.07) is 5.75. The largest absolute Gasteiger partial charge is 0.496 e. The van der Waals surface area contributed by atoms with Crippen molar-refractivity contribution in [2.24, 2.45) is 0 Å². The minimum Gasteiger partial charge on any atom is -0.496 e. The average Bonchev–Trinajstić information content (AvgIpc) is 2.18. The highest BCUT2D eigenvalue weighted by Crippen LogP contribution is 2.35. The van der Waals surface area contributed by atoms with Gasteiger partial charge in [0.25, 0.3) is 0 Å². The third kappa shape index (κ3) is 1.47. The van der Waals surface area contributed by atoms with Gasteiger partial charge in [0.2, 0.25) is 0 Å². The number of benzene rings is 1. The van der Waals surface area contributed by atoms with Crippen LogP contribution in [0.5, 0.6) is 5.75 Å². The summed E-state index contributed by atoms with van der Waals surface area (Å²) in [5.74, 6) is 0.757. The molecule has 2 aromatic rings. The lowest BCUT2D eigenvalue weighted by Gasteiger charge is -2.07. The summed E-state index contributed by atoms with van der Waals surface area (Å²) >= 11 is 9.44. The second kappa shape index (κ2) is 3.75. The standard InChI is InChI=1S/C10H7BrClNO/c1-14-7-3-2-6-4-5-13-10(12)8(6)9(7)11/h2-5H,1H3. The third-order valence-electron chi connectivity index (χ3n) is 2.01. The maximum absolute atomic E-state index is 5.99. The van der Waals surface area contributed by atoms with Crippen LogP contribution in [0, 0.1) is 0 Å². The lowest BCUT2D eigenvalue weighted by atomic mass is 10.2. The topological polar surface area (TPSA) is 22.1 Å². The van der Waals surface area contributed by atoms with Gasteiger partial charge in [0.15, 0.2) is 0 Å². The third-order valence-corrected chi connectivity index (χ3v) is 3.08. The fraction of sp³-hybridized carbons (Fsp3) is 0.100. The molecular weight excluding hydrogens is 265 g/mol. The Morgan fingerprint density at radius 1 is 1.36 bits per heavy atom. The number of rotatable bonds is 1. The molecule has 0 aliphatic rings. The quantitative estimate of drug-likeness (QED) is 0.739. The lowest BCUT2D eigenvalue weighted by Crippen LogP contribution is -1.87. The number of hydrogen-bond acceptors (Lipinski definition) is 2. The first-order valence-corrected chi connectivity index (χ1v) is 5.18. The highest BCUT2D eigenvalue weighted by Gasteiger charge is 2.08. The number of ether oxygens (including phenoxy) is 1. The molecule has 0 aliphatic heterocycles. The molecule has 0 saturated heterocycles. The second-order valence-electron chi connectivity index (χ2n) is 2.78. The number of aromatic nitrogens is 1. The van der Waals surface area contributed by atoms with E-state index in [1.165, 1.54) is 0 Å². The van der Waals surface area contributed by atoms with Gasteiger partial charge in [-0.1, -0.05) is 17.7 Å². The van der Waals surface area contributed by atoms with Gasteiger partial charge in [-0.15, -0.1) is 0 Å². The van der Waals surface area contributed by atoms with Crippen LogP contribution in [0.15, 0.2) is 28.9 Å². The van der Waals surface area contributed by atoms with E-state index in [0.717, 1.165) is 21.0 Å². The van der Waals surface area contributed by atoms with Crippen molar-refractivity contribution in [2.45, 2.75) is 0 Å². The van der Waals surface area contributed by atoms with Crippen molar-refractivity contribution in [3.63, 3.8) is 0 Å². The molecule has 2 rings (SSSR count). The molecule has 1 aromatic heterocycles. The van der Waals surface area contributed by atoms with Gasteiger partial charge < -0.3 is 4.74 Å². The smallest absolute Gasteiger partial charge is 0.138 e. The van der Waals surface area contributed by atoms with Crippen LogP contribution in [-0.2, 0) is 0 Å². The Bertz CT molecular complexity index is 487. The van der Waals surface area contributed by atoms with Crippen LogP contribution in [0.4, 0.5) is 0 Å². The monoisotopic (exact) mass is 271 g/mol. The van der Waals surface area contributed by atoms with Crippen LogP contribution in [0.3, 0.4) is 0 Å². The number of nitrogens with zero attached hydrogens (tertiary/aromatic N) is 1. The molecule has 4 heteroatoms. The number of halogens is 2. The maximum Gasteiger partial charge on any atom is 0.138 e. The predicted octanol–water partition coefficient (Wildman–Crippen LogP) is 3.66. The molecule has 1 aromatic carbocycles. The molecule has 0 spiro atoms. The molecule has 0 amide bonds. The summed E-state index contributed by atoms with van der Waals surface area (Å²) in [6.45, 7) is 0. The van der Waals surface area contributed by atoms with E-state index in [-0.39, 0.29) is 0 Å². The molecule has 1 heterocycles. The maximum atomic E-state index is 5.99. The summed E-state index contributed by atoms with van der Waals surface area (Å²) < 4.78 is 6.02. The van der Waals surface area contributed by atoms with Crippen molar-refractivity contribution in [3.8, 4) is 5.75 Å². The highest BCUT2D eigenvalue weighted by molar-refractivity contribution is 9.10. The van der Waals surface area contributed by atoms with Crippen molar-refractivity contribution in [3.05, 3.63) is 34.0 Å². The molecule has 0 radical (unpaired) electrons. The number of pyridine rings is 1. The number of hydrogen-bond donors (Lipinski definition) is 0. The van der Waals surface area contributed by atoms with Gasteiger partial charge in [-0.05, 0) is 33.4 Å². The van der Waals surface area contributed by atoms with Crippen LogP contribution in [-0.4, -0.2) is 12.1 Å². The van der Waals surface area contributed by atoms with Gasteiger partial charge in [-0.2, -0.15) is 0 Å². The molecule has 72 valence electrons. The van der Waals surface area contributed by atoms with Gasteiger partial charge in [0.05, 0.1) is 11.6 Å². The van der Waals surface area contributed by atoms with Crippen molar-refractivity contribution < 1.29 is 4.74 Å². The first kappa shape index (κ1) is 9.74. The summed E-state index contributed by atoms with van der Waals surface area (Å²) in [5.41, 5.74) is 0. The predicted molar refractivity (Wildman–Crippen MR) is 61.0 cm³/mol. The molecule has 2 nitrogen and oxygen atoms in total. The zero-order chi connectivity index (χ0) is 10.1. The zero-order valence-electron chi connectivity index (χ0n) is 7.42. The fourth-order valence-corrected chi connectivity index (χ4v) is 2.41. The van der Waals surface area contributed by atoms with Gasteiger partial charge in [-0.3, -0.25) is 0 Å². The van der Waals surface area contributed by atoms with Gasteiger partial charge in [0, 0.05) is 11.6 Å².